The Hall–Kier alpha value is -4.44. The molecule has 4 aliphatic rings. The van der Waals surface area contributed by atoms with Crippen molar-refractivity contribution < 1.29 is 29.4 Å². The highest BCUT2D eigenvalue weighted by atomic mass is 32.1. The van der Waals surface area contributed by atoms with E-state index in [2.05, 4.69) is 35.3 Å². The first-order valence-electron chi connectivity index (χ1n) is 19.6. The first kappa shape index (κ1) is 39.8. The number of pyridine rings is 1. The molecular weight excluding hydrogens is 733 g/mol. The number of nitrogens with one attached hydrogen (secondary N) is 2. The molecular formula is C41H54N8O6S. The Balaban J connectivity index is 0.877. The number of hydrogen-bond donors (Lipinski definition) is 4. The van der Waals surface area contributed by atoms with Gasteiger partial charge in [0.1, 0.15) is 17.9 Å². The fourth-order valence-electron chi connectivity index (χ4n) is 8.79. The molecule has 1 saturated carbocycles. The number of benzene rings is 1. The van der Waals surface area contributed by atoms with E-state index in [4.69, 9.17) is 5.11 Å². The number of nitrogens with zero attached hydrogens (tertiary/aromatic N) is 6. The van der Waals surface area contributed by atoms with Gasteiger partial charge in [0.15, 0.2) is 0 Å². The van der Waals surface area contributed by atoms with Crippen LogP contribution in [0, 0.1) is 17.8 Å². The molecule has 2 aromatic heterocycles. The zero-order valence-electron chi connectivity index (χ0n) is 32.9. The number of carbonyl (C=O) groups excluding carboxylic acids is 3. The van der Waals surface area contributed by atoms with Crippen molar-refractivity contribution in [1.82, 2.24) is 35.3 Å². The summed E-state index contributed by atoms with van der Waals surface area (Å²) in [5.41, 5.74) is 4.63. The Bertz CT molecular complexity index is 1910. The highest BCUT2D eigenvalue weighted by Gasteiger charge is 2.54. The lowest BCUT2D eigenvalue weighted by Gasteiger charge is -2.62. The van der Waals surface area contributed by atoms with Crippen molar-refractivity contribution in [2.75, 3.05) is 57.3 Å². The topological polar surface area (TPSA) is 172 Å². The molecule has 3 aliphatic heterocycles. The van der Waals surface area contributed by atoms with Gasteiger partial charge in [-0.3, -0.25) is 24.2 Å². The maximum atomic E-state index is 14.2. The van der Waals surface area contributed by atoms with Gasteiger partial charge in [-0.15, -0.1) is 11.3 Å². The third-order valence-electron chi connectivity index (χ3n) is 12.1. The molecule has 3 saturated heterocycles. The molecule has 300 valence electrons. The number of carboxylic acids is 1. The van der Waals surface area contributed by atoms with E-state index < -0.39 is 29.6 Å². The van der Waals surface area contributed by atoms with Crippen molar-refractivity contribution in [3.63, 3.8) is 0 Å². The Kier molecular flexibility index (Phi) is 11.2. The minimum absolute atomic E-state index is 0.0237. The Morgan fingerprint density at radius 3 is 2.27 bits per heavy atom. The highest BCUT2D eigenvalue weighted by Crippen LogP contribution is 2.51. The number of hydrogen-bond acceptors (Lipinski definition) is 11. The average Bonchev–Trinajstić information content (AvgIpc) is 3.74. The summed E-state index contributed by atoms with van der Waals surface area (Å²) < 4.78 is 0. The predicted octanol–water partition coefficient (Wildman–Crippen LogP) is 3.17. The van der Waals surface area contributed by atoms with Crippen LogP contribution in [0.2, 0.25) is 0 Å². The number of rotatable bonds is 11. The minimum Gasteiger partial charge on any atom is -0.478 e. The van der Waals surface area contributed by atoms with E-state index >= 15 is 0 Å². The maximum absolute atomic E-state index is 14.2. The second-order valence-corrected chi connectivity index (χ2v) is 18.2. The number of carbonyl (C=O) groups is 4. The number of piperazine rings is 1. The van der Waals surface area contributed by atoms with Crippen LogP contribution in [0.5, 0.6) is 0 Å². The monoisotopic (exact) mass is 786 g/mol. The van der Waals surface area contributed by atoms with Gasteiger partial charge in [-0.1, -0.05) is 45.0 Å². The highest BCUT2D eigenvalue weighted by molar-refractivity contribution is 7.13. The van der Waals surface area contributed by atoms with Gasteiger partial charge in [-0.05, 0) is 55.4 Å². The van der Waals surface area contributed by atoms with E-state index in [1.165, 1.54) is 11.1 Å². The number of amides is 3. The van der Waals surface area contributed by atoms with Gasteiger partial charge in [0, 0.05) is 69.9 Å². The largest absolute Gasteiger partial charge is 0.478 e. The third kappa shape index (κ3) is 8.46. The fourth-order valence-corrected chi connectivity index (χ4v) is 9.60. The molecule has 14 nitrogen and oxygen atoms in total. The first-order chi connectivity index (χ1) is 26.6. The standard InChI is InChI=1S/C41H54N8O6S/c1-25(27-6-8-28(9-7-27)35-26(2)43-24-56-35)44-37(52)32-16-31(50)20-49(32)38(53)36(40(3,4)5)45-34(51)21-46-12-14-47(15-13-46)30-17-41(18-30)22-48(23-41)33-11-10-29(19-42-33)39(54)55/h6-11,19,24-25,30-32,36,50H,12-18,20-23H2,1-5H3,(H,44,52)(H,45,51)(H,54,55)/t25?,31-,32+,36?/m1/s1. The molecule has 1 spiro atoms. The van der Waals surface area contributed by atoms with Crippen molar-refractivity contribution in [3.8, 4) is 10.4 Å². The molecule has 1 aliphatic carbocycles. The lowest BCUT2D eigenvalue weighted by Crippen LogP contribution is -2.68. The number of aliphatic hydroxyl groups excluding tert-OH is 1. The van der Waals surface area contributed by atoms with Crippen LogP contribution in [0.3, 0.4) is 0 Å². The first-order valence-corrected chi connectivity index (χ1v) is 20.5. The van der Waals surface area contributed by atoms with E-state index in [1.807, 2.05) is 64.4 Å². The van der Waals surface area contributed by atoms with Gasteiger partial charge in [0.05, 0.1) is 40.3 Å². The van der Waals surface area contributed by atoms with E-state index in [0.717, 1.165) is 79.6 Å². The summed E-state index contributed by atoms with van der Waals surface area (Å²) in [7, 11) is 0. The Labute approximate surface area is 332 Å². The molecule has 0 bridgehead atoms. The lowest BCUT2D eigenvalue weighted by atomic mass is 9.60. The van der Waals surface area contributed by atoms with E-state index in [9.17, 15) is 24.3 Å². The molecule has 56 heavy (non-hydrogen) atoms. The molecule has 7 rings (SSSR count). The second-order valence-electron chi connectivity index (χ2n) is 17.3. The summed E-state index contributed by atoms with van der Waals surface area (Å²) in [6.45, 7) is 14.9. The zero-order valence-corrected chi connectivity index (χ0v) is 33.7. The zero-order chi connectivity index (χ0) is 39.9. The lowest BCUT2D eigenvalue weighted by molar-refractivity contribution is -0.144. The molecule has 0 radical (unpaired) electrons. The second kappa shape index (κ2) is 15.8. The smallest absolute Gasteiger partial charge is 0.337 e. The molecule has 4 fully saturated rings. The molecule has 1 aromatic carbocycles. The van der Waals surface area contributed by atoms with E-state index in [-0.39, 0.29) is 48.8 Å². The van der Waals surface area contributed by atoms with Crippen LogP contribution in [-0.2, 0) is 14.4 Å². The van der Waals surface area contributed by atoms with E-state index in [1.54, 1.807) is 23.5 Å². The van der Waals surface area contributed by atoms with Crippen molar-refractivity contribution in [2.45, 2.75) is 84.2 Å². The van der Waals surface area contributed by atoms with Gasteiger partial charge in [0.2, 0.25) is 17.7 Å². The molecule has 4 atom stereocenters. The third-order valence-corrected chi connectivity index (χ3v) is 13.0. The van der Waals surface area contributed by atoms with Crippen molar-refractivity contribution in [1.29, 1.82) is 0 Å². The quantitative estimate of drug-likeness (QED) is 0.225. The average molecular weight is 787 g/mol. The number of aliphatic hydroxyl groups is 1. The summed E-state index contributed by atoms with van der Waals surface area (Å²) in [4.78, 5) is 70.5. The number of carboxylic acid groups (broad SMARTS) is 1. The Morgan fingerprint density at radius 2 is 1.68 bits per heavy atom. The van der Waals surface area contributed by atoms with Crippen molar-refractivity contribution >= 4 is 40.8 Å². The van der Waals surface area contributed by atoms with Crippen molar-refractivity contribution in [2.24, 2.45) is 10.8 Å². The van der Waals surface area contributed by atoms with Crippen LogP contribution in [0.15, 0.2) is 48.1 Å². The van der Waals surface area contributed by atoms with E-state index in [0.29, 0.717) is 11.5 Å². The van der Waals surface area contributed by atoms with Gasteiger partial charge in [0.25, 0.3) is 0 Å². The summed E-state index contributed by atoms with van der Waals surface area (Å²) in [6.07, 6.45) is 2.94. The van der Waals surface area contributed by atoms with Crippen LogP contribution in [-0.4, -0.2) is 135 Å². The minimum atomic E-state index is -0.974. The number of aromatic carboxylic acids is 1. The summed E-state index contributed by atoms with van der Waals surface area (Å²) in [6, 6.07) is 9.83. The number of likely N-dealkylation sites (tertiary alicyclic amines) is 1. The predicted molar refractivity (Wildman–Crippen MR) is 213 cm³/mol. The van der Waals surface area contributed by atoms with Gasteiger partial charge >= 0.3 is 5.97 Å². The number of anilines is 1. The van der Waals surface area contributed by atoms with Crippen LogP contribution >= 0.6 is 11.3 Å². The normalized spacial score (nSPS) is 22.6. The SMILES string of the molecule is Cc1ncsc1-c1ccc(C(C)NC(=O)[C@@H]2C[C@@H](O)CN2C(=O)C(NC(=O)CN2CCN(C3CC4(C3)CN(c3ccc(C(=O)O)cn3)C4)CC2)C(C)(C)C)cc1. The number of aromatic nitrogens is 2. The van der Waals surface area contributed by atoms with Crippen molar-refractivity contribution in [3.05, 3.63) is 64.9 Å². The maximum Gasteiger partial charge on any atom is 0.337 e. The van der Waals surface area contributed by atoms with Crippen LogP contribution in [0.1, 0.15) is 74.6 Å². The molecule has 3 aromatic rings. The number of aryl methyl sites for hydroxylation is 1. The summed E-state index contributed by atoms with van der Waals surface area (Å²) >= 11 is 1.58. The molecule has 15 heteroatoms. The number of β-amino-alcohol motifs (C(OH)–C–C–N with tert-alkyl or cyclic N) is 1. The number of thiazole rings is 1. The van der Waals surface area contributed by atoms with Crippen LogP contribution in [0.4, 0.5) is 5.82 Å². The molecule has 2 unspecified atom stereocenters. The fraction of sp³-hybridized carbons (Fsp3) is 0.561. The van der Waals surface area contributed by atoms with Crippen LogP contribution in [0.25, 0.3) is 10.4 Å². The van der Waals surface area contributed by atoms with Crippen LogP contribution < -0.4 is 15.5 Å². The van der Waals surface area contributed by atoms with Gasteiger partial charge < -0.3 is 30.6 Å². The van der Waals surface area contributed by atoms with Gasteiger partial charge in [-0.2, -0.15) is 0 Å². The molecule has 4 N–H and O–H groups in total. The molecule has 3 amide bonds. The molecule has 5 heterocycles. The Morgan fingerprint density at radius 1 is 0.982 bits per heavy atom. The summed E-state index contributed by atoms with van der Waals surface area (Å²) in [5.74, 6) is -1.09. The van der Waals surface area contributed by atoms with Gasteiger partial charge in [-0.25, -0.2) is 14.8 Å². The summed E-state index contributed by atoms with van der Waals surface area (Å²) in [5, 5.41) is 25.9.